The molecule has 0 unspecified atom stereocenters. The minimum atomic E-state index is -0.0817. The van der Waals surface area contributed by atoms with Gasteiger partial charge in [0.1, 0.15) is 5.69 Å². The summed E-state index contributed by atoms with van der Waals surface area (Å²) in [6.45, 7) is 2.68. The second kappa shape index (κ2) is 6.47. The molecule has 126 valence electrons. The van der Waals surface area contributed by atoms with E-state index < -0.39 is 0 Å². The van der Waals surface area contributed by atoms with Crippen molar-refractivity contribution in [3.05, 3.63) is 65.9 Å². The van der Waals surface area contributed by atoms with Crippen LogP contribution < -0.4 is 0 Å². The van der Waals surface area contributed by atoms with E-state index in [1.165, 1.54) is 0 Å². The maximum absolute atomic E-state index is 12.9. The molecule has 0 spiro atoms. The standard InChI is InChI=1S/C19H19N5O/c1-13-12-22-18(23-13)17-16(20-9-10-21-17)15-8-5-11-24(15)19(25)14-6-3-2-4-7-14/h2-4,6-7,9-10,12,15H,5,8,11H2,1H3,(H,22,23)/t15-/m0/s1. The van der Waals surface area contributed by atoms with Gasteiger partial charge in [0.25, 0.3) is 5.91 Å². The van der Waals surface area contributed by atoms with Crippen molar-refractivity contribution in [2.45, 2.75) is 25.8 Å². The number of aromatic nitrogens is 4. The van der Waals surface area contributed by atoms with Gasteiger partial charge in [-0.25, -0.2) is 9.97 Å². The number of carbonyl (C=O) groups excluding carboxylic acids is 1. The van der Waals surface area contributed by atoms with E-state index >= 15 is 0 Å². The molecule has 1 N–H and O–H groups in total. The van der Waals surface area contributed by atoms with E-state index in [4.69, 9.17) is 0 Å². The van der Waals surface area contributed by atoms with Gasteiger partial charge in [-0.15, -0.1) is 0 Å². The van der Waals surface area contributed by atoms with Gasteiger partial charge in [0, 0.05) is 36.4 Å². The highest BCUT2D eigenvalue weighted by molar-refractivity contribution is 5.94. The summed E-state index contributed by atoms with van der Waals surface area (Å²) in [5, 5.41) is 0. The first-order valence-electron chi connectivity index (χ1n) is 8.43. The molecule has 0 saturated carbocycles. The molecule has 4 rings (SSSR count). The molecule has 1 amide bonds. The summed E-state index contributed by atoms with van der Waals surface area (Å²) in [6, 6.07) is 9.31. The number of hydrogen-bond donors (Lipinski definition) is 1. The van der Waals surface area contributed by atoms with Crippen molar-refractivity contribution >= 4 is 5.91 Å². The third kappa shape index (κ3) is 2.91. The molecule has 1 atom stereocenters. The molecule has 1 fully saturated rings. The maximum atomic E-state index is 12.9. The number of hydrogen-bond acceptors (Lipinski definition) is 4. The number of nitrogens with zero attached hydrogens (tertiary/aromatic N) is 4. The molecule has 0 aliphatic carbocycles. The second-order valence-corrected chi connectivity index (χ2v) is 6.23. The van der Waals surface area contributed by atoms with Crippen LogP contribution in [0.2, 0.25) is 0 Å². The van der Waals surface area contributed by atoms with Crippen LogP contribution in [0, 0.1) is 6.92 Å². The lowest BCUT2D eigenvalue weighted by Gasteiger charge is -2.25. The van der Waals surface area contributed by atoms with E-state index in [9.17, 15) is 4.79 Å². The Kier molecular flexibility index (Phi) is 4.01. The molecule has 6 nitrogen and oxygen atoms in total. The van der Waals surface area contributed by atoms with E-state index in [0.29, 0.717) is 17.1 Å². The van der Waals surface area contributed by atoms with E-state index in [1.807, 2.05) is 42.2 Å². The van der Waals surface area contributed by atoms with E-state index in [-0.39, 0.29) is 11.9 Å². The number of amides is 1. The molecule has 2 aromatic heterocycles. The van der Waals surface area contributed by atoms with Crippen LogP contribution in [0.1, 0.15) is 40.6 Å². The third-order valence-electron chi connectivity index (χ3n) is 4.50. The van der Waals surface area contributed by atoms with Crippen LogP contribution in [0.5, 0.6) is 0 Å². The summed E-state index contributed by atoms with van der Waals surface area (Å²) in [4.78, 5) is 31.5. The van der Waals surface area contributed by atoms with Gasteiger partial charge in [0.15, 0.2) is 5.82 Å². The van der Waals surface area contributed by atoms with E-state index in [1.54, 1.807) is 18.6 Å². The van der Waals surface area contributed by atoms with Crippen LogP contribution in [-0.2, 0) is 0 Å². The Hall–Kier alpha value is -3.02. The lowest BCUT2D eigenvalue weighted by Crippen LogP contribution is -2.31. The SMILES string of the molecule is Cc1cnc(-c2nccnc2[C@@H]2CCCN2C(=O)c2ccccc2)[nH]1. The van der Waals surface area contributed by atoms with Crippen molar-refractivity contribution in [2.24, 2.45) is 0 Å². The minimum absolute atomic E-state index is 0.0373. The van der Waals surface area contributed by atoms with Crippen molar-refractivity contribution < 1.29 is 4.79 Å². The molecular weight excluding hydrogens is 314 g/mol. The Bertz CT molecular complexity index is 890. The summed E-state index contributed by atoms with van der Waals surface area (Å²) in [5.74, 6) is 0.731. The highest BCUT2D eigenvalue weighted by atomic mass is 16.2. The number of H-pyrrole nitrogens is 1. The fourth-order valence-electron chi connectivity index (χ4n) is 3.35. The predicted octanol–water partition coefficient (Wildman–Crippen LogP) is 3.15. The molecule has 3 heterocycles. The number of nitrogens with one attached hydrogen (secondary N) is 1. The van der Waals surface area contributed by atoms with Crippen LogP contribution in [0.15, 0.2) is 48.9 Å². The van der Waals surface area contributed by atoms with Crippen molar-refractivity contribution in [1.82, 2.24) is 24.8 Å². The average molecular weight is 333 g/mol. The number of aryl methyl sites for hydroxylation is 1. The quantitative estimate of drug-likeness (QED) is 0.799. The van der Waals surface area contributed by atoms with Gasteiger partial charge >= 0.3 is 0 Å². The first kappa shape index (κ1) is 15.5. The summed E-state index contributed by atoms with van der Waals surface area (Å²) in [6.07, 6.45) is 6.95. The second-order valence-electron chi connectivity index (χ2n) is 6.23. The number of aromatic amines is 1. The normalized spacial score (nSPS) is 17.0. The lowest BCUT2D eigenvalue weighted by atomic mass is 10.1. The van der Waals surface area contributed by atoms with Crippen LogP contribution in [0.25, 0.3) is 11.5 Å². The van der Waals surface area contributed by atoms with Crippen molar-refractivity contribution in [3.8, 4) is 11.5 Å². The summed E-state index contributed by atoms with van der Waals surface area (Å²) in [7, 11) is 0. The molecule has 1 aliphatic rings. The van der Waals surface area contributed by atoms with E-state index in [2.05, 4.69) is 19.9 Å². The fraction of sp³-hybridized carbons (Fsp3) is 0.263. The van der Waals surface area contributed by atoms with Crippen LogP contribution in [0.4, 0.5) is 0 Å². The lowest BCUT2D eigenvalue weighted by molar-refractivity contribution is 0.0733. The Labute approximate surface area is 146 Å². The highest BCUT2D eigenvalue weighted by Gasteiger charge is 2.33. The van der Waals surface area contributed by atoms with Gasteiger partial charge in [-0.1, -0.05) is 18.2 Å². The monoisotopic (exact) mass is 333 g/mol. The fourth-order valence-corrected chi connectivity index (χ4v) is 3.35. The van der Waals surface area contributed by atoms with Crippen LogP contribution in [0.3, 0.4) is 0 Å². The Morgan fingerprint density at radius 2 is 1.96 bits per heavy atom. The predicted molar refractivity (Wildman–Crippen MR) is 93.8 cm³/mol. The van der Waals surface area contributed by atoms with Gasteiger partial charge in [0.2, 0.25) is 0 Å². The number of carbonyl (C=O) groups is 1. The maximum Gasteiger partial charge on any atom is 0.254 e. The van der Waals surface area contributed by atoms with Gasteiger partial charge in [-0.3, -0.25) is 9.78 Å². The third-order valence-corrected chi connectivity index (χ3v) is 4.50. The van der Waals surface area contributed by atoms with Crippen LogP contribution >= 0.6 is 0 Å². The van der Waals surface area contributed by atoms with Gasteiger partial charge in [-0.2, -0.15) is 0 Å². The first-order chi connectivity index (χ1) is 12.2. The zero-order valence-corrected chi connectivity index (χ0v) is 14.0. The highest BCUT2D eigenvalue weighted by Crippen LogP contribution is 2.35. The molecule has 25 heavy (non-hydrogen) atoms. The number of rotatable bonds is 3. The molecule has 1 aromatic carbocycles. The minimum Gasteiger partial charge on any atom is -0.341 e. The van der Waals surface area contributed by atoms with Crippen LogP contribution in [-0.4, -0.2) is 37.3 Å². The average Bonchev–Trinajstić information content (AvgIpc) is 3.31. The van der Waals surface area contributed by atoms with E-state index in [0.717, 1.165) is 30.8 Å². The number of likely N-dealkylation sites (tertiary alicyclic amines) is 1. The molecule has 6 heteroatoms. The molecule has 1 saturated heterocycles. The summed E-state index contributed by atoms with van der Waals surface area (Å²) < 4.78 is 0. The molecule has 0 bridgehead atoms. The Balaban J connectivity index is 1.71. The molecule has 0 radical (unpaired) electrons. The van der Waals surface area contributed by atoms with Crippen molar-refractivity contribution in [2.75, 3.05) is 6.54 Å². The topological polar surface area (TPSA) is 74.8 Å². The van der Waals surface area contributed by atoms with Gasteiger partial charge in [-0.05, 0) is 31.9 Å². The zero-order chi connectivity index (χ0) is 17.2. The number of imidazole rings is 1. The summed E-state index contributed by atoms with van der Waals surface area (Å²) >= 11 is 0. The summed E-state index contributed by atoms with van der Waals surface area (Å²) in [5.41, 5.74) is 3.19. The Morgan fingerprint density at radius 3 is 2.72 bits per heavy atom. The smallest absolute Gasteiger partial charge is 0.254 e. The number of benzene rings is 1. The molecular formula is C19H19N5O. The van der Waals surface area contributed by atoms with Gasteiger partial charge < -0.3 is 9.88 Å². The van der Waals surface area contributed by atoms with Crippen molar-refractivity contribution in [1.29, 1.82) is 0 Å². The largest absolute Gasteiger partial charge is 0.341 e. The zero-order valence-electron chi connectivity index (χ0n) is 14.0. The first-order valence-corrected chi connectivity index (χ1v) is 8.43. The molecule has 1 aliphatic heterocycles. The van der Waals surface area contributed by atoms with Gasteiger partial charge in [0.05, 0.1) is 11.7 Å². The van der Waals surface area contributed by atoms with Crippen molar-refractivity contribution in [3.63, 3.8) is 0 Å². The Morgan fingerprint density at radius 1 is 1.16 bits per heavy atom. The molecule has 3 aromatic rings.